The highest BCUT2D eigenvalue weighted by Crippen LogP contribution is 2.14. The first-order valence-electron chi connectivity index (χ1n) is 7.39. The van der Waals surface area contributed by atoms with E-state index in [2.05, 4.69) is 6.92 Å². The summed E-state index contributed by atoms with van der Waals surface area (Å²) in [6.45, 7) is 6.23. The summed E-state index contributed by atoms with van der Waals surface area (Å²) in [5.74, 6) is 0.160. The van der Waals surface area contributed by atoms with Crippen molar-refractivity contribution < 1.29 is 9.53 Å². The molecule has 0 aliphatic rings. The van der Waals surface area contributed by atoms with Crippen LogP contribution in [0, 0.1) is 5.92 Å². The van der Waals surface area contributed by atoms with E-state index in [1.54, 1.807) is 0 Å². The highest BCUT2D eigenvalue weighted by molar-refractivity contribution is 6.20. The second-order valence-corrected chi connectivity index (χ2v) is 5.89. The predicted octanol–water partition coefficient (Wildman–Crippen LogP) is 5.28. The molecule has 2 nitrogen and oxygen atoms in total. The van der Waals surface area contributed by atoms with Gasteiger partial charge in [-0.2, -0.15) is 0 Å². The fraction of sp³-hybridized carbons (Fsp3) is 0.933. The van der Waals surface area contributed by atoms with Crippen LogP contribution in [0.15, 0.2) is 0 Å². The van der Waals surface area contributed by atoms with E-state index in [0.717, 1.165) is 12.8 Å². The van der Waals surface area contributed by atoms with Crippen molar-refractivity contribution in [3.05, 3.63) is 0 Å². The summed E-state index contributed by atoms with van der Waals surface area (Å²) < 4.78 is 5.13. The van der Waals surface area contributed by atoms with Crippen LogP contribution in [0.4, 0.5) is 0 Å². The van der Waals surface area contributed by atoms with Crippen LogP contribution in [0.3, 0.4) is 0 Å². The zero-order valence-corrected chi connectivity index (χ0v) is 13.0. The van der Waals surface area contributed by atoms with Crippen molar-refractivity contribution in [3.8, 4) is 0 Å². The normalized spacial score (nSPS) is 12.7. The Kier molecular flexibility index (Phi) is 11.7. The third-order valence-electron chi connectivity index (χ3n) is 2.87. The minimum absolute atomic E-state index is 0.173. The number of esters is 1. The average molecular weight is 277 g/mol. The Morgan fingerprint density at radius 3 is 2.17 bits per heavy atom. The third kappa shape index (κ3) is 12.2. The van der Waals surface area contributed by atoms with Crippen LogP contribution < -0.4 is 0 Å². The molecule has 0 aromatic carbocycles. The second-order valence-electron chi connectivity index (χ2n) is 5.41. The number of rotatable bonds is 11. The molecular weight excluding hydrogens is 248 g/mol. The number of ether oxygens (including phenoxy) is 1. The lowest BCUT2D eigenvalue weighted by atomic mass is 10.1. The molecule has 0 N–H and O–H groups in total. The molecule has 0 heterocycles. The number of hydrogen-bond donors (Lipinski definition) is 0. The zero-order chi connectivity index (χ0) is 13.8. The van der Waals surface area contributed by atoms with Gasteiger partial charge in [0.2, 0.25) is 0 Å². The molecule has 1 atom stereocenters. The van der Waals surface area contributed by atoms with Crippen LogP contribution >= 0.6 is 11.6 Å². The Bertz CT molecular complexity index is 205. The number of unbranched alkanes of at least 4 members (excludes halogenated alkanes) is 6. The summed E-state index contributed by atoms with van der Waals surface area (Å²) in [7, 11) is 0. The Hall–Kier alpha value is -0.240. The molecule has 0 amide bonds. The molecule has 3 heteroatoms. The minimum atomic E-state index is -0.438. The Morgan fingerprint density at radius 2 is 1.61 bits per heavy atom. The largest absolute Gasteiger partial charge is 0.446 e. The monoisotopic (exact) mass is 276 g/mol. The number of halogens is 1. The Balaban J connectivity index is 3.36. The van der Waals surface area contributed by atoms with E-state index in [1.165, 1.54) is 38.5 Å². The van der Waals surface area contributed by atoms with Gasteiger partial charge in [-0.3, -0.25) is 4.79 Å². The van der Waals surface area contributed by atoms with E-state index >= 15 is 0 Å². The van der Waals surface area contributed by atoms with Crippen molar-refractivity contribution in [2.75, 3.05) is 0 Å². The zero-order valence-electron chi connectivity index (χ0n) is 12.2. The quantitative estimate of drug-likeness (QED) is 0.291. The minimum Gasteiger partial charge on any atom is -0.446 e. The first-order chi connectivity index (χ1) is 8.56. The SMILES string of the molecule is CCCCCCCCCC(Cl)OC(=O)CC(C)C. The average Bonchev–Trinajstić information content (AvgIpc) is 2.26. The number of carbonyl (C=O) groups excluding carboxylic acids is 1. The molecule has 0 saturated carbocycles. The van der Waals surface area contributed by atoms with Crippen LogP contribution in [0.1, 0.15) is 78.6 Å². The summed E-state index contributed by atoms with van der Waals surface area (Å²) in [6.07, 6.45) is 10.0. The maximum absolute atomic E-state index is 11.4. The summed E-state index contributed by atoms with van der Waals surface area (Å²) >= 11 is 5.98. The summed E-state index contributed by atoms with van der Waals surface area (Å²) in [5, 5.41) is 0. The number of alkyl halides is 1. The fourth-order valence-electron chi connectivity index (χ4n) is 1.84. The highest BCUT2D eigenvalue weighted by Gasteiger charge is 2.12. The van der Waals surface area contributed by atoms with Gasteiger partial charge in [0.25, 0.3) is 0 Å². The van der Waals surface area contributed by atoms with Gasteiger partial charge in [0.05, 0.1) is 0 Å². The van der Waals surface area contributed by atoms with Gasteiger partial charge in [-0.25, -0.2) is 0 Å². The summed E-state index contributed by atoms with van der Waals surface area (Å²) in [6, 6.07) is 0. The van der Waals surface area contributed by atoms with Gasteiger partial charge in [0.1, 0.15) is 0 Å². The van der Waals surface area contributed by atoms with Gasteiger partial charge in [0, 0.05) is 6.42 Å². The van der Waals surface area contributed by atoms with Gasteiger partial charge in [-0.1, -0.05) is 70.9 Å². The number of hydrogen-bond acceptors (Lipinski definition) is 2. The van der Waals surface area contributed by atoms with Gasteiger partial charge < -0.3 is 4.74 Å². The molecule has 0 spiro atoms. The Labute approximate surface area is 117 Å². The second kappa shape index (κ2) is 11.8. The van der Waals surface area contributed by atoms with E-state index in [4.69, 9.17) is 16.3 Å². The van der Waals surface area contributed by atoms with E-state index < -0.39 is 5.56 Å². The van der Waals surface area contributed by atoms with Crippen molar-refractivity contribution in [1.29, 1.82) is 0 Å². The smallest absolute Gasteiger partial charge is 0.307 e. The van der Waals surface area contributed by atoms with Crippen LogP contribution in [0.5, 0.6) is 0 Å². The number of carbonyl (C=O) groups is 1. The van der Waals surface area contributed by atoms with Crippen LogP contribution in [-0.4, -0.2) is 11.5 Å². The molecule has 0 aromatic rings. The van der Waals surface area contributed by atoms with Crippen molar-refractivity contribution in [2.45, 2.75) is 84.1 Å². The van der Waals surface area contributed by atoms with E-state index in [1.807, 2.05) is 13.8 Å². The molecule has 0 radical (unpaired) electrons. The molecule has 0 rings (SSSR count). The molecule has 0 fully saturated rings. The first-order valence-corrected chi connectivity index (χ1v) is 7.83. The fourth-order valence-corrected chi connectivity index (χ4v) is 2.10. The molecule has 0 aromatic heterocycles. The molecule has 0 bridgehead atoms. The Morgan fingerprint density at radius 1 is 1.06 bits per heavy atom. The van der Waals surface area contributed by atoms with Gasteiger partial charge in [-0.15, -0.1) is 0 Å². The van der Waals surface area contributed by atoms with Crippen molar-refractivity contribution >= 4 is 17.6 Å². The van der Waals surface area contributed by atoms with Gasteiger partial charge in [0.15, 0.2) is 5.56 Å². The van der Waals surface area contributed by atoms with Crippen LogP contribution in [0.2, 0.25) is 0 Å². The lowest BCUT2D eigenvalue weighted by Gasteiger charge is -2.12. The molecule has 0 aliphatic carbocycles. The molecule has 18 heavy (non-hydrogen) atoms. The molecule has 0 saturated heterocycles. The predicted molar refractivity (Wildman–Crippen MR) is 77.8 cm³/mol. The van der Waals surface area contributed by atoms with E-state index in [-0.39, 0.29) is 5.97 Å². The lowest BCUT2D eigenvalue weighted by Crippen LogP contribution is -2.14. The van der Waals surface area contributed by atoms with Crippen molar-refractivity contribution in [2.24, 2.45) is 5.92 Å². The summed E-state index contributed by atoms with van der Waals surface area (Å²) in [4.78, 5) is 11.4. The first kappa shape index (κ1) is 17.8. The molecule has 108 valence electrons. The summed E-state index contributed by atoms with van der Waals surface area (Å²) in [5.41, 5.74) is -0.438. The maximum atomic E-state index is 11.4. The maximum Gasteiger partial charge on any atom is 0.307 e. The van der Waals surface area contributed by atoms with Crippen molar-refractivity contribution in [1.82, 2.24) is 0 Å². The topological polar surface area (TPSA) is 26.3 Å². The van der Waals surface area contributed by atoms with Crippen LogP contribution in [-0.2, 0) is 9.53 Å². The molecule has 0 aliphatic heterocycles. The van der Waals surface area contributed by atoms with Gasteiger partial charge >= 0.3 is 5.97 Å². The molecular formula is C15H29ClO2. The third-order valence-corrected chi connectivity index (χ3v) is 3.18. The van der Waals surface area contributed by atoms with E-state index in [0.29, 0.717) is 12.3 Å². The van der Waals surface area contributed by atoms with E-state index in [9.17, 15) is 4.79 Å². The standard InChI is InChI=1S/C15H29ClO2/c1-4-5-6-7-8-9-10-11-14(16)18-15(17)12-13(2)3/h13-14H,4-12H2,1-3H3. The van der Waals surface area contributed by atoms with Crippen LogP contribution in [0.25, 0.3) is 0 Å². The van der Waals surface area contributed by atoms with Gasteiger partial charge in [-0.05, 0) is 18.8 Å². The van der Waals surface area contributed by atoms with Crippen molar-refractivity contribution in [3.63, 3.8) is 0 Å². The molecule has 1 unspecified atom stereocenters. The highest BCUT2D eigenvalue weighted by atomic mass is 35.5. The lowest BCUT2D eigenvalue weighted by molar-refractivity contribution is -0.146.